The fourth-order valence-electron chi connectivity index (χ4n) is 7.74. The number of rotatable bonds is 7. The number of anilines is 4. The first-order chi connectivity index (χ1) is 26.1. The molecule has 2 aliphatic carbocycles. The number of carbonyl (C=O) groups is 1. The number of aromatic carboxylic acids is 1. The second kappa shape index (κ2) is 15.2. The average molecular weight is 799 g/mol. The van der Waals surface area contributed by atoms with Gasteiger partial charge in [0.05, 0.1) is 5.56 Å². The van der Waals surface area contributed by atoms with Crippen molar-refractivity contribution in [1.29, 1.82) is 0 Å². The summed E-state index contributed by atoms with van der Waals surface area (Å²) in [5, 5.41) is 9.03. The van der Waals surface area contributed by atoms with Gasteiger partial charge >= 0.3 is 18.3 Å². The minimum atomic E-state index is -4.49. The van der Waals surface area contributed by atoms with Crippen LogP contribution >= 0.6 is 0 Å². The van der Waals surface area contributed by atoms with Crippen molar-refractivity contribution in [2.45, 2.75) is 129 Å². The first-order valence-corrected chi connectivity index (χ1v) is 18.9. The molecule has 0 bridgehead atoms. The highest BCUT2D eigenvalue weighted by atomic mass is 19.4. The Kier molecular flexibility index (Phi) is 11.6. The van der Waals surface area contributed by atoms with Gasteiger partial charge < -0.3 is 14.9 Å². The van der Waals surface area contributed by atoms with Crippen LogP contribution in [-0.2, 0) is 21.7 Å². The van der Waals surface area contributed by atoms with E-state index in [1.54, 1.807) is 19.9 Å². The van der Waals surface area contributed by atoms with Crippen LogP contribution < -0.4 is 9.80 Å². The van der Waals surface area contributed by atoms with Gasteiger partial charge in [-0.15, -0.1) is 0 Å². The van der Waals surface area contributed by atoms with E-state index < -0.39 is 31.4 Å². The minimum absolute atomic E-state index is 0.0125. The Balaban J connectivity index is 0.000000219. The van der Waals surface area contributed by atoms with Crippen LogP contribution in [0.4, 0.5) is 49.6 Å². The normalized spacial score (nSPS) is 17.7. The molecule has 4 aromatic rings. The number of aromatic nitrogens is 4. The number of aryl methyl sites for hydroxylation is 2. The van der Waals surface area contributed by atoms with Gasteiger partial charge in [-0.25, -0.2) is 24.7 Å². The van der Waals surface area contributed by atoms with Crippen molar-refractivity contribution in [2.75, 3.05) is 22.9 Å². The standard InChI is InChI=1S/C22H26F3N3O2.C21H26F3N3/c1-13-8-15-16(21(4,5)7-6-20(15,2)3)9-17(13)28(12-22(23,24)25)19-26-10-14(11-27-19)18(29)30;1-14-11-25-18(26-12-14)27(13-21(22,23)24)15-6-7-16-17(10-15)20(4,5)9-8-19(16,2)3/h8-11H,6-7,12H2,1-5H3,(H,29,30);6-7,10-12H,8-9,13H2,1-5H3. The molecule has 8 nitrogen and oxygen atoms in total. The number of halogens is 6. The number of fused-ring (bicyclic) bond motifs is 2. The molecule has 2 heterocycles. The third-order valence-corrected chi connectivity index (χ3v) is 11.4. The smallest absolute Gasteiger partial charge is 0.406 e. The number of carboxylic acids is 1. The summed E-state index contributed by atoms with van der Waals surface area (Å²) in [5.74, 6) is -1.36. The van der Waals surface area contributed by atoms with E-state index >= 15 is 0 Å². The number of hydrogen-bond acceptors (Lipinski definition) is 7. The lowest BCUT2D eigenvalue weighted by Crippen LogP contribution is -2.36. The summed E-state index contributed by atoms with van der Waals surface area (Å²) in [5.41, 5.74) is 6.33. The molecular weight excluding hydrogens is 747 g/mol. The molecular formula is C43H52F6N6O2. The molecule has 0 atom stereocenters. The van der Waals surface area contributed by atoms with E-state index in [1.165, 1.54) is 18.0 Å². The number of nitrogens with zero attached hydrogens (tertiary/aromatic N) is 6. The molecule has 308 valence electrons. The zero-order valence-corrected chi connectivity index (χ0v) is 34.2. The maximum atomic E-state index is 13.4. The molecule has 0 unspecified atom stereocenters. The quantitative estimate of drug-likeness (QED) is 0.185. The topological polar surface area (TPSA) is 95.3 Å². The molecule has 2 aromatic heterocycles. The maximum Gasteiger partial charge on any atom is 0.406 e. The molecule has 57 heavy (non-hydrogen) atoms. The van der Waals surface area contributed by atoms with E-state index in [1.807, 2.05) is 24.3 Å². The highest BCUT2D eigenvalue weighted by Gasteiger charge is 2.41. The van der Waals surface area contributed by atoms with Crippen molar-refractivity contribution < 1.29 is 36.2 Å². The third-order valence-electron chi connectivity index (χ3n) is 11.4. The summed E-state index contributed by atoms with van der Waals surface area (Å²) in [7, 11) is 0. The average Bonchev–Trinajstić information content (AvgIpc) is 3.10. The van der Waals surface area contributed by atoms with E-state index in [0.29, 0.717) is 16.9 Å². The largest absolute Gasteiger partial charge is 0.478 e. The van der Waals surface area contributed by atoms with Gasteiger partial charge in [0.25, 0.3) is 0 Å². The van der Waals surface area contributed by atoms with E-state index in [0.717, 1.165) is 70.1 Å². The molecule has 0 saturated carbocycles. The Labute approximate surface area is 330 Å². The Hall–Kier alpha value is -4.75. The number of benzene rings is 2. The van der Waals surface area contributed by atoms with Crippen LogP contribution in [-0.4, -0.2) is 56.5 Å². The van der Waals surface area contributed by atoms with E-state index in [-0.39, 0.29) is 39.1 Å². The molecule has 0 aliphatic heterocycles. The highest BCUT2D eigenvalue weighted by Crippen LogP contribution is 2.49. The van der Waals surface area contributed by atoms with Crippen molar-refractivity contribution in [3.63, 3.8) is 0 Å². The molecule has 0 amide bonds. The second-order valence-corrected chi connectivity index (χ2v) is 18.0. The first kappa shape index (κ1) is 43.4. The summed E-state index contributed by atoms with van der Waals surface area (Å²) in [6.45, 7) is 18.4. The highest BCUT2D eigenvalue weighted by molar-refractivity contribution is 5.87. The van der Waals surface area contributed by atoms with E-state index in [2.05, 4.69) is 75.3 Å². The first-order valence-electron chi connectivity index (χ1n) is 18.9. The predicted octanol–water partition coefficient (Wildman–Crippen LogP) is 11.4. The van der Waals surface area contributed by atoms with Gasteiger partial charge in [-0.3, -0.25) is 0 Å². The van der Waals surface area contributed by atoms with Gasteiger partial charge in [-0.1, -0.05) is 67.5 Å². The van der Waals surface area contributed by atoms with Crippen LogP contribution in [0, 0.1) is 13.8 Å². The molecule has 0 radical (unpaired) electrons. The SMILES string of the molecule is Cc1cc2c(cc1N(CC(F)(F)F)c1ncc(C(=O)O)cn1)C(C)(C)CCC2(C)C.Cc1cnc(N(CC(F)(F)F)c2ccc3c(c2)C(C)(C)CCC3(C)C)nc1. The lowest BCUT2D eigenvalue weighted by Gasteiger charge is -2.43. The predicted molar refractivity (Wildman–Crippen MR) is 210 cm³/mol. The Bertz CT molecular complexity index is 2090. The molecule has 0 saturated heterocycles. The molecule has 0 spiro atoms. The summed E-state index contributed by atoms with van der Waals surface area (Å²) in [4.78, 5) is 29.3. The van der Waals surface area contributed by atoms with Crippen LogP contribution in [0.3, 0.4) is 0 Å². The molecule has 6 rings (SSSR count). The summed E-state index contributed by atoms with van der Waals surface area (Å²) in [6, 6.07) is 9.43. The van der Waals surface area contributed by atoms with Crippen molar-refractivity contribution >= 4 is 29.2 Å². The lowest BCUT2D eigenvalue weighted by atomic mass is 9.63. The maximum absolute atomic E-state index is 13.4. The van der Waals surface area contributed by atoms with Crippen molar-refractivity contribution in [2.24, 2.45) is 0 Å². The summed E-state index contributed by atoms with van der Waals surface area (Å²) < 4.78 is 80.1. The van der Waals surface area contributed by atoms with Crippen LogP contribution in [0.25, 0.3) is 0 Å². The Morgan fingerprint density at radius 2 is 1.02 bits per heavy atom. The second-order valence-electron chi connectivity index (χ2n) is 18.0. The fraction of sp³-hybridized carbons (Fsp3) is 0.512. The molecule has 1 N–H and O–H groups in total. The lowest BCUT2D eigenvalue weighted by molar-refractivity contribution is -0.119. The Morgan fingerprint density at radius 3 is 1.49 bits per heavy atom. The van der Waals surface area contributed by atoms with Gasteiger partial charge in [-0.2, -0.15) is 26.3 Å². The van der Waals surface area contributed by atoms with Crippen molar-refractivity contribution in [3.05, 3.63) is 94.1 Å². The molecule has 0 fully saturated rings. The minimum Gasteiger partial charge on any atom is -0.478 e. The summed E-state index contributed by atoms with van der Waals surface area (Å²) in [6.07, 6.45) is 0.246. The summed E-state index contributed by atoms with van der Waals surface area (Å²) >= 11 is 0. The van der Waals surface area contributed by atoms with Crippen LogP contribution in [0.15, 0.2) is 55.1 Å². The zero-order valence-electron chi connectivity index (χ0n) is 34.2. The van der Waals surface area contributed by atoms with Crippen molar-refractivity contribution in [1.82, 2.24) is 19.9 Å². The van der Waals surface area contributed by atoms with Crippen molar-refractivity contribution in [3.8, 4) is 0 Å². The van der Waals surface area contributed by atoms with E-state index in [9.17, 15) is 31.1 Å². The number of hydrogen-bond donors (Lipinski definition) is 1. The van der Waals surface area contributed by atoms with E-state index in [4.69, 9.17) is 5.11 Å². The fourth-order valence-corrected chi connectivity index (χ4v) is 7.74. The van der Waals surface area contributed by atoms with Crippen LogP contribution in [0.5, 0.6) is 0 Å². The monoisotopic (exact) mass is 798 g/mol. The van der Waals surface area contributed by atoms with Crippen LogP contribution in [0.2, 0.25) is 0 Å². The van der Waals surface area contributed by atoms with Gasteiger partial charge in [0, 0.05) is 36.2 Å². The van der Waals surface area contributed by atoms with Crippen LogP contribution in [0.1, 0.15) is 125 Å². The van der Waals surface area contributed by atoms with Gasteiger partial charge in [0.1, 0.15) is 13.1 Å². The zero-order chi connectivity index (χ0) is 42.5. The van der Waals surface area contributed by atoms with Gasteiger partial charge in [0.2, 0.25) is 11.9 Å². The van der Waals surface area contributed by atoms with Gasteiger partial charge in [0.15, 0.2) is 0 Å². The molecule has 2 aromatic carbocycles. The Morgan fingerprint density at radius 1 is 0.614 bits per heavy atom. The molecule has 14 heteroatoms. The molecule has 2 aliphatic rings. The van der Waals surface area contributed by atoms with Gasteiger partial charge in [-0.05, 0) is 113 Å². The number of carboxylic acid groups (broad SMARTS) is 1. The third kappa shape index (κ3) is 9.87. The number of alkyl halides is 6.